The van der Waals surface area contributed by atoms with E-state index in [1.807, 2.05) is 44.2 Å². The molecule has 6 heteroatoms. The maximum Gasteiger partial charge on any atom is 0.274 e. The van der Waals surface area contributed by atoms with Crippen LogP contribution in [0.15, 0.2) is 35.1 Å². The van der Waals surface area contributed by atoms with E-state index in [0.717, 1.165) is 38.4 Å². The molecule has 0 unspecified atom stereocenters. The lowest BCUT2D eigenvalue weighted by atomic mass is 10.1. The molecule has 0 radical (unpaired) electrons. The topological polar surface area (TPSA) is 52.8 Å². The first kappa shape index (κ1) is 14.5. The van der Waals surface area contributed by atoms with Crippen LogP contribution in [0, 0.1) is 13.8 Å². The Morgan fingerprint density at radius 2 is 2.00 bits per heavy atom. The van der Waals surface area contributed by atoms with Gasteiger partial charge in [-0.05, 0) is 54.8 Å². The van der Waals surface area contributed by atoms with Crippen LogP contribution in [0.5, 0.6) is 11.5 Å². The summed E-state index contributed by atoms with van der Waals surface area (Å²) in [4.78, 5) is 18.3. The predicted octanol–water partition coefficient (Wildman–Crippen LogP) is 2.80. The third-order valence-electron chi connectivity index (χ3n) is 4.37. The largest absolute Gasteiger partial charge is 0.454 e. The summed E-state index contributed by atoms with van der Waals surface area (Å²) in [6, 6.07) is 9.77. The fraction of sp³-hybridized carbons (Fsp3) is 0.158. The maximum atomic E-state index is 12.9. The van der Waals surface area contributed by atoms with Crippen LogP contribution in [0.25, 0.3) is 22.1 Å². The van der Waals surface area contributed by atoms with Gasteiger partial charge in [0.05, 0.1) is 15.6 Å². The second-order valence-corrected chi connectivity index (χ2v) is 7.22. The van der Waals surface area contributed by atoms with Crippen LogP contribution in [0.1, 0.15) is 16.7 Å². The number of rotatable bonds is 1. The Hall–Kier alpha value is -2.86. The van der Waals surface area contributed by atoms with Crippen LogP contribution in [0.4, 0.5) is 0 Å². The zero-order valence-corrected chi connectivity index (χ0v) is 14.5. The van der Waals surface area contributed by atoms with E-state index in [1.54, 1.807) is 4.40 Å². The van der Waals surface area contributed by atoms with Gasteiger partial charge in [0.1, 0.15) is 0 Å². The van der Waals surface area contributed by atoms with Gasteiger partial charge in [0, 0.05) is 0 Å². The maximum absolute atomic E-state index is 12.9. The molecule has 5 nitrogen and oxygen atoms in total. The number of hydrogen-bond acceptors (Lipinski definition) is 5. The molecule has 5 rings (SSSR count). The summed E-state index contributed by atoms with van der Waals surface area (Å²) < 4.78 is 13.1. The second kappa shape index (κ2) is 5.07. The van der Waals surface area contributed by atoms with E-state index in [-0.39, 0.29) is 12.4 Å². The van der Waals surface area contributed by atoms with Crippen molar-refractivity contribution in [2.24, 2.45) is 0 Å². The third kappa shape index (κ3) is 2.14. The van der Waals surface area contributed by atoms with Crippen molar-refractivity contribution >= 4 is 33.4 Å². The summed E-state index contributed by atoms with van der Waals surface area (Å²) >= 11 is 1.40. The van der Waals surface area contributed by atoms with Crippen LogP contribution in [-0.4, -0.2) is 16.2 Å². The first-order valence-corrected chi connectivity index (χ1v) is 8.75. The van der Waals surface area contributed by atoms with Gasteiger partial charge in [-0.25, -0.2) is 9.38 Å². The number of hydrogen-bond donors (Lipinski definition) is 0. The lowest BCUT2D eigenvalue weighted by Crippen LogP contribution is -2.22. The molecule has 2 aromatic heterocycles. The van der Waals surface area contributed by atoms with Gasteiger partial charge in [-0.2, -0.15) is 0 Å². The Labute approximate surface area is 146 Å². The molecule has 0 amide bonds. The number of benzene rings is 2. The van der Waals surface area contributed by atoms with Crippen LogP contribution < -0.4 is 19.6 Å². The van der Waals surface area contributed by atoms with Crippen molar-refractivity contribution in [3.8, 4) is 11.5 Å². The van der Waals surface area contributed by atoms with E-state index in [2.05, 4.69) is 11.1 Å². The van der Waals surface area contributed by atoms with Crippen molar-refractivity contribution in [1.29, 1.82) is 0 Å². The quantitative estimate of drug-likeness (QED) is 0.530. The van der Waals surface area contributed by atoms with E-state index in [1.165, 1.54) is 11.3 Å². The molecule has 0 N–H and O–H groups in total. The average molecular weight is 350 g/mol. The Balaban J connectivity index is 1.75. The molecule has 0 saturated heterocycles. The molecule has 2 aromatic carbocycles. The van der Waals surface area contributed by atoms with E-state index in [4.69, 9.17) is 9.47 Å². The fourth-order valence-electron chi connectivity index (χ4n) is 3.26. The number of thiazole rings is 1. The van der Waals surface area contributed by atoms with E-state index in [9.17, 15) is 4.79 Å². The SMILES string of the molecule is Cc1cc(C)c2nc3sc(=Cc4ccc5c(c4)OCO5)c(=O)n3c2c1. The predicted molar refractivity (Wildman–Crippen MR) is 97.7 cm³/mol. The zero-order valence-electron chi connectivity index (χ0n) is 13.7. The van der Waals surface area contributed by atoms with E-state index < -0.39 is 0 Å². The molecule has 1 aliphatic rings. The number of ether oxygens (including phenoxy) is 2. The highest BCUT2D eigenvalue weighted by Gasteiger charge is 2.15. The molecule has 0 spiro atoms. The van der Waals surface area contributed by atoms with Gasteiger partial charge in [-0.1, -0.05) is 23.5 Å². The highest BCUT2D eigenvalue weighted by atomic mass is 32.1. The summed E-state index contributed by atoms with van der Waals surface area (Å²) in [5.41, 5.74) is 4.85. The third-order valence-corrected chi connectivity index (χ3v) is 5.34. The fourth-order valence-corrected chi connectivity index (χ4v) is 4.24. The van der Waals surface area contributed by atoms with Gasteiger partial charge in [0.25, 0.3) is 5.56 Å². The Kier molecular flexibility index (Phi) is 2.93. The van der Waals surface area contributed by atoms with Gasteiger partial charge in [-0.15, -0.1) is 0 Å². The summed E-state index contributed by atoms with van der Waals surface area (Å²) in [6.45, 7) is 4.29. The standard InChI is InChI=1S/C19H14N2O3S/c1-10-5-11(2)17-13(6-10)21-18(22)16(25-19(21)20-17)8-12-3-4-14-15(7-12)24-9-23-14/h3-8H,9H2,1-2H3. The first-order chi connectivity index (χ1) is 12.1. The molecule has 1 aliphatic heterocycles. The minimum atomic E-state index is -0.0369. The summed E-state index contributed by atoms with van der Waals surface area (Å²) in [7, 11) is 0. The molecule has 25 heavy (non-hydrogen) atoms. The van der Waals surface area contributed by atoms with Gasteiger partial charge in [0.2, 0.25) is 6.79 Å². The van der Waals surface area contributed by atoms with Crippen LogP contribution in [-0.2, 0) is 0 Å². The lowest BCUT2D eigenvalue weighted by Gasteiger charge is -1.98. The minimum absolute atomic E-state index is 0.0369. The monoisotopic (exact) mass is 350 g/mol. The van der Waals surface area contributed by atoms with Gasteiger partial charge in [0.15, 0.2) is 16.5 Å². The van der Waals surface area contributed by atoms with Crippen LogP contribution >= 0.6 is 11.3 Å². The minimum Gasteiger partial charge on any atom is -0.454 e. The smallest absolute Gasteiger partial charge is 0.274 e. The number of aromatic nitrogens is 2. The summed E-state index contributed by atoms with van der Waals surface area (Å²) in [5.74, 6) is 1.44. The van der Waals surface area contributed by atoms with E-state index >= 15 is 0 Å². The van der Waals surface area contributed by atoms with Gasteiger partial charge >= 0.3 is 0 Å². The van der Waals surface area contributed by atoms with Crippen LogP contribution in [0.3, 0.4) is 0 Å². The average Bonchev–Trinajstić information content (AvgIpc) is 3.24. The molecule has 3 heterocycles. The molecule has 124 valence electrons. The Morgan fingerprint density at radius 1 is 1.16 bits per heavy atom. The zero-order chi connectivity index (χ0) is 17.1. The number of imidazole rings is 1. The molecule has 4 aromatic rings. The van der Waals surface area contributed by atoms with Crippen molar-refractivity contribution in [3.05, 3.63) is 61.9 Å². The Bertz CT molecular complexity index is 1270. The summed E-state index contributed by atoms with van der Waals surface area (Å²) in [5, 5.41) is 0. The van der Waals surface area contributed by atoms with Crippen molar-refractivity contribution < 1.29 is 9.47 Å². The molecule has 0 aliphatic carbocycles. The molecular formula is C19H14N2O3S. The van der Waals surface area contributed by atoms with Crippen LogP contribution in [0.2, 0.25) is 0 Å². The molecule has 0 fully saturated rings. The molecule has 0 atom stereocenters. The number of nitrogens with zero attached hydrogens (tertiary/aromatic N) is 2. The van der Waals surface area contributed by atoms with Gasteiger partial charge in [-0.3, -0.25) is 4.79 Å². The van der Waals surface area contributed by atoms with Crippen molar-refractivity contribution in [2.45, 2.75) is 13.8 Å². The molecule has 0 bridgehead atoms. The van der Waals surface area contributed by atoms with Crippen molar-refractivity contribution in [2.75, 3.05) is 6.79 Å². The number of fused-ring (bicyclic) bond motifs is 4. The Morgan fingerprint density at radius 3 is 2.88 bits per heavy atom. The van der Waals surface area contributed by atoms with Crippen molar-refractivity contribution in [3.63, 3.8) is 0 Å². The molecular weight excluding hydrogens is 336 g/mol. The van der Waals surface area contributed by atoms with E-state index in [0.29, 0.717) is 10.3 Å². The van der Waals surface area contributed by atoms with Gasteiger partial charge < -0.3 is 9.47 Å². The highest BCUT2D eigenvalue weighted by Crippen LogP contribution is 2.32. The molecule has 0 saturated carbocycles. The first-order valence-electron chi connectivity index (χ1n) is 7.94. The lowest BCUT2D eigenvalue weighted by molar-refractivity contribution is 0.174. The highest BCUT2D eigenvalue weighted by molar-refractivity contribution is 7.15. The normalized spacial score (nSPS) is 14.1. The summed E-state index contributed by atoms with van der Waals surface area (Å²) in [6.07, 6.45) is 1.87. The number of aryl methyl sites for hydroxylation is 2. The van der Waals surface area contributed by atoms with Crippen molar-refractivity contribution in [1.82, 2.24) is 9.38 Å². The second-order valence-electron chi connectivity index (χ2n) is 6.21.